The minimum atomic E-state index is -4.21. The average molecular weight is 619 g/mol. The van der Waals surface area contributed by atoms with Crippen molar-refractivity contribution in [1.29, 1.82) is 0 Å². The van der Waals surface area contributed by atoms with Crippen LogP contribution in [-0.4, -0.2) is 87.3 Å². The molecule has 1 aliphatic heterocycles. The highest BCUT2D eigenvalue weighted by Crippen LogP contribution is 2.37. The van der Waals surface area contributed by atoms with Crippen molar-refractivity contribution in [3.05, 3.63) is 54.1 Å². The monoisotopic (exact) mass is 618 g/mol. The maximum absolute atomic E-state index is 14.1. The molecule has 0 spiro atoms. The van der Waals surface area contributed by atoms with Crippen molar-refractivity contribution in [1.82, 2.24) is 19.8 Å². The quantitative estimate of drug-likeness (QED) is 0.244. The maximum Gasteiger partial charge on any atom is 0.245 e. The van der Waals surface area contributed by atoms with Crippen LogP contribution in [0.5, 0.6) is 11.5 Å². The first-order valence-corrected chi connectivity index (χ1v) is 15.9. The fourth-order valence-corrected chi connectivity index (χ4v) is 6.70. The molecule has 43 heavy (non-hydrogen) atoms. The Morgan fingerprint density at radius 2 is 1.67 bits per heavy atom. The van der Waals surface area contributed by atoms with Gasteiger partial charge in [-0.1, -0.05) is 58.0 Å². The Morgan fingerprint density at radius 3 is 2.33 bits per heavy atom. The van der Waals surface area contributed by atoms with E-state index in [9.17, 15) is 23.1 Å². The van der Waals surface area contributed by atoms with E-state index in [0.29, 0.717) is 18.0 Å². The van der Waals surface area contributed by atoms with Crippen molar-refractivity contribution in [2.75, 3.05) is 47.1 Å². The zero-order valence-corrected chi connectivity index (χ0v) is 26.9. The average Bonchev–Trinajstić information content (AvgIpc) is 3.38. The van der Waals surface area contributed by atoms with Crippen LogP contribution in [-0.2, 0) is 26.0 Å². The van der Waals surface area contributed by atoms with Gasteiger partial charge in [-0.2, -0.15) is 4.31 Å². The molecule has 0 saturated heterocycles. The van der Waals surface area contributed by atoms with Gasteiger partial charge in [-0.05, 0) is 43.1 Å². The van der Waals surface area contributed by atoms with Gasteiger partial charge in [0.05, 0.1) is 11.4 Å². The summed E-state index contributed by atoms with van der Waals surface area (Å²) in [5, 5.41) is 17.9. The minimum absolute atomic E-state index is 0.00540. The zero-order valence-electron chi connectivity index (χ0n) is 26.1. The van der Waals surface area contributed by atoms with Crippen LogP contribution in [0.3, 0.4) is 0 Å². The number of aliphatic hydroxyl groups is 1. The molecule has 0 fully saturated rings. The zero-order chi connectivity index (χ0) is 31.8. The van der Waals surface area contributed by atoms with E-state index < -0.39 is 21.2 Å². The van der Waals surface area contributed by atoms with Crippen LogP contribution in [0.1, 0.15) is 46.1 Å². The highest BCUT2D eigenvalue weighted by Gasteiger charge is 2.43. The number of carbonyl (C=O) groups excluding carboxylic acids is 2. The number of hydrogen-bond donors (Lipinski definition) is 3. The molecular weight excluding hydrogens is 572 g/mol. The Balaban J connectivity index is 1.80. The maximum atomic E-state index is 14.1. The molecule has 11 nitrogen and oxygen atoms in total. The van der Waals surface area contributed by atoms with E-state index in [2.05, 4.69) is 10.6 Å². The standard InChI is InChI=1S/C31H46N4O7S/c1-23(2)19-35(43(39,40)25-12-13-26-27(16-25)42-22-41-26)31(38,17-24-10-8-7-9-11-24)14-15-32-28(36)18-30(3,4)21-33-29(37)20-34(5)6/h7-13,16,23,38H,14-15,17-22H2,1-6H3,(H,32,36)(H,33,37). The number of amides is 2. The summed E-state index contributed by atoms with van der Waals surface area (Å²) in [5.74, 6) is 0.285. The molecule has 238 valence electrons. The van der Waals surface area contributed by atoms with Crippen LogP contribution in [0.25, 0.3) is 0 Å². The molecule has 3 N–H and O–H groups in total. The summed E-state index contributed by atoms with van der Waals surface area (Å²) < 4.78 is 40.2. The van der Waals surface area contributed by atoms with Gasteiger partial charge in [0.1, 0.15) is 5.72 Å². The SMILES string of the molecule is CC(C)CN(C(O)(CCNC(=O)CC(C)(C)CNC(=O)CN(C)C)Cc1ccccc1)S(=O)(=O)c1ccc2c(c1)OCO2. The lowest BCUT2D eigenvalue weighted by molar-refractivity contribution is -0.125. The first kappa shape index (κ1) is 34.3. The smallest absolute Gasteiger partial charge is 0.245 e. The van der Waals surface area contributed by atoms with Crippen LogP contribution < -0.4 is 20.1 Å². The number of benzene rings is 2. The Kier molecular flexibility index (Phi) is 11.6. The number of sulfonamides is 1. The number of nitrogens with zero attached hydrogens (tertiary/aromatic N) is 2. The summed E-state index contributed by atoms with van der Waals surface area (Å²) in [6.07, 6.45) is 0.102. The molecule has 1 heterocycles. The first-order valence-electron chi connectivity index (χ1n) is 14.5. The molecule has 0 radical (unpaired) electrons. The van der Waals surface area contributed by atoms with Crippen molar-refractivity contribution in [3.8, 4) is 11.5 Å². The molecule has 2 aromatic carbocycles. The normalized spacial score (nSPS) is 14.7. The fourth-order valence-electron chi connectivity index (χ4n) is 4.85. The van der Waals surface area contributed by atoms with Gasteiger partial charge in [0.2, 0.25) is 28.6 Å². The topological polar surface area (TPSA) is 138 Å². The number of carbonyl (C=O) groups is 2. The van der Waals surface area contributed by atoms with Crippen molar-refractivity contribution in [2.45, 2.75) is 57.6 Å². The van der Waals surface area contributed by atoms with E-state index in [1.54, 1.807) is 25.1 Å². The summed E-state index contributed by atoms with van der Waals surface area (Å²) in [7, 11) is -0.597. The molecule has 3 rings (SSSR count). The van der Waals surface area contributed by atoms with Gasteiger partial charge in [-0.3, -0.25) is 9.59 Å². The van der Waals surface area contributed by atoms with E-state index in [1.807, 2.05) is 58.0 Å². The third-order valence-corrected chi connectivity index (χ3v) is 8.89. The van der Waals surface area contributed by atoms with Crippen molar-refractivity contribution >= 4 is 21.8 Å². The van der Waals surface area contributed by atoms with Gasteiger partial charge >= 0.3 is 0 Å². The van der Waals surface area contributed by atoms with Crippen molar-refractivity contribution in [2.24, 2.45) is 11.3 Å². The molecule has 0 saturated carbocycles. The van der Waals surface area contributed by atoms with Crippen LogP contribution >= 0.6 is 0 Å². The first-order chi connectivity index (χ1) is 20.1. The second-order valence-electron chi connectivity index (χ2n) is 12.5. The van der Waals surface area contributed by atoms with Crippen LogP contribution in [0.2, 0.25) is 0 Å². The second-order valence-corrected chi connectivity index (χ2v) is 14.4. The van der Waals surface area contributed by atoms with Crippen LogP contribution in [0.4, 0.5) is 0 Å². The summed E-state index contributed by atoms with van der Waals surface area (Å²) in [4.78, 5) is 26.7. The predicted octanol–water partition coefficient (Wildman–Crippen LogP) is 2.59. The molecule has 2 amide bonds. The van der Waals surface area contributed by atoms with E-state index in [1.165, 1.54) is 12.1 Å². The van der Waals surface area contributed by atoms with Gasteiger partial charge < -0.3 is 30.1 Å². The number of nitrogens with one attached hydrogen (secondary N) is 2. The molecule has 2 aromatic rings. The molecule has 1 unspecified atom stereocenters. The molecule has 0 bridgehead atoms. The summed E-state index contributed by atoms with van der Waals surface area (Å²) in [5.41, 5.74) is -1.62. The number of rotatable bonds is 16. The highest BCUT2D eigenvalue weighted by molar-refractivity contribution is 7.89. The highest BCUT2D eigenvalue weighted by atomic mass is 32.2. The van der Waals surface area contributed by atoms with E-state index in [4.69, 9.17) is 9.47 Å². The molecular formula is C31H46N4O7S. The van der Waals surface area contributed by atoms with Crippen molar-refractivity contribution in [3.63, 3.8) is 0 Å². The Morgan fingerprint density at radius 1 is 1.00 bits per heavy atom. The van der Waals surface area contributed by atoms with Gasteiger partial charge in [-0.15, -0.1) is 0 Å². The van der Waals surface area contributed by atoms with Crippen LogP contribution in [0.15, 0.2) is 53.4 Å². The lowest BCUT2D eigenvalue weighted by atomic mass is 9.88. The number of ether oxygens (including phenoxy) is 2. The number of hydrogen-bond acceptors (Lipinski definition) is 8. The third kappa shape index (κ3) is 9.92. The lowest BCUT2D eigenvalue weighted by Gasteiger charge is -2.40. The molecule has 1 atom stereocenters. The molecule has 0 aromatic heterocycles. The molecule has 12 heteroatoms. The Bertz CT molecular complexity index is 1350. The Labute approximate surface area is 255 Å². The number of likely N-dealkylation sites (N-methyl/N-ethyl adjacent to an activating group) is 1. The van der Waals surface area contributed by atoms with E-state index in [0.717, 1.165) is 9.87 Å². The summed E-state index contributed by atoms with van der Waals surface area (Å²) >= 11 is 0. The largest absolute Gasteiger partial charge is 0.454 e. The number of fused-ring (bicyclic) bond motifs is 1. The van der Waals surface area contributed by atoms with Crippen molar-refractivity contribution < 1.29 is 32.6 Å². The molecule has 0 aliphatic carbocycles. The lowest BCUT2D eigenvalue weighted by Crippen LogP contribution is -2.55. The van der Waals surface area contributed by atoms with Crippen LogP contribution in [0, 0.1) is 11.3 Å². The van der Waals surface area contributed by atoms with Gasteiger partial charge in [0.25, 0.3) is 0 Å². The Hall–Kier alpha value is -3.19. The van der Waals surface area contributed by atoms with E-state index >= 15 is 0 Å². The van der Waals surface area contributed by atoms with Gasteiger partial charge in [-0.25, -0.2) is 8.42 Å². The third-order valence-electron chi connectivity index (χ3n) is 6.97. The molecule has 1 aliphatic rings. The summed E-state index contributed by atoms with van der Waals surface area (Å²) in [6, 6.07) is 13.6. The van der Waals surface area contributed by atoms with Gasteiger partial charge in [0, 0.05) is 45.0 Å². The van der Waals surface area contributed by atoms with E-state index in [-0.39, 0.29) is 68.3 Å². The minimum Gasteiger partial charge on any atom is -0.454 e. The van der Waals surface area contributed by atoms with Gasteiger partial charge in [0.15, 0.2) is 11.5 Å². The summed E-state index contributed by atoms with van der Waals surface area (Å²) in [6.45, 7) is 8.20. The predicted molar refractivity (Wildman–Crippen MR) is 164 cm³/mol. The fraction of sp³-hybridized carbons (Fsp3) is 0.548. The second kappa shape index (κ2) is 14.5.